The monoisotopic (exact) mass is 206 g/mol. The van der Waals surface area contributed by atoms with Crippen molar-refractivity contribution in [2.45, 2.75) is 19.4 Å². The molecule has 0 bridgehead atoms. The summed E-state index contributed by atoms with van der Waals surface area (Å²) >= 11 is 0. The van der Waals surface area contributed by atoms with Gasteiger partial charge < -0.3 is 5.32 Å². The second-order valence-electron chi connectivity index (χ2n) is 3.18. The van der Waals surface area contributed by atoms with Crippen LogP contribution in [0.2, 0.25) is 0 Å². The average molecular weight is 206 g/mol. The maximum absolute atomic E-state index is 12.8. The summed E-state index contributed by atoms with van der Waals surface area (Å²) in [4.78, 5) is 11.1. The predicted molar refractivity (Wildman–Crippen MR) is 53.2 cm³/mol. The summed E-state index contributed by atoms with van der Waals surface area (Å²) < 4.78 is 12.8. The van der Waals surface area contributed by atoms with Crippen LogP contribution in [-0.4, -0.2) is 5.91 Å². The highest BCUT2D eigenvalue weighted by Gasteiger charge is 2.09. The van der Waals surface area contributed by atoms with Crippen LogP contribution in [0.1, 0.15) is 24.9 Å². The normalized spacial score (nSPS) is 11.5. The van der Waals surface area contributed by atoms with Crippen LogP contribution >= 0.6 is 0 Å². The SMILES string of the molecule is C[C@@H](NC(=O)CC#N)c1cccc(F)c1. The van der Waals surface area contributed by atoms with Crippen LogP contribution in [0.15, 0.2) is 24.3 Å². The van der Waals surface area contributed by atoms with Gasteiger partial charge >= 0.3 is 0 Å². The molecule has 0 aromatic heterocycles. The van der Waals surface area contributed by atoms with E-state index in [1.54, 1.807) is 25.1 Å². The van der Waals surface area contributed by atoms with Gasteiger partial charge in [-0.25, -0.2) is 4.39 Å². The minimum Gasteiger partial charge on any atom is -0.349 e. The molecule has 0 aliphatic rings. The van der Waals surface area contributed by atoms with Crippen molar-refractivity contribution in [1.29, 1.82) is 5.26 Å². The number of halogens is 1. The van der Waals surface area contributed by atoms with Gasteiger partial charge in [-0.3, -0.25) is 4.79 Å². The molecule has 0 heterocycles. The van der Waals surface area contributed by atoms with Crippen LogP contribution in [0.4, 0.5) is 4.39 Å². The summed E-state index contributed by atoms with van der Waals surface area (Å²) in [5, 5.41) is 10.9. The smallest absolute Gasteiger partial charge is 0.234 e. The number of carbonyl (C=O) groups is 1. The minimum absolute atomic E-state index is 0.181. The second-order valence-corrected chi connectivity index (χ2v) is 3.18. The van der Waals surface area contributed by atoms with Crippen LogP contribution in [0.5, 0.6) is 0 Å². The van der Waals surface area contributed by atoms with Gasteiger partial charge in [-0.1, -0.05) is 12.1 Å². The minimum atomic E-state index is -0.353. The van der Waals surface area contributed by atoms with Crippen LogP contribution < -0.4 is 5.32 Å². The molecule has 1 rings (SSSR count). The van der Waals surface area contributed by atoms with Gasteiger partial charge in [0.2, 0.25) is 5.91 Å². The van der Waals surface area contributed by atoms with Crippen molar-refractivity contribution >= 4 is 5.91 Å². The van der Waals surface area contributed by atoms with Crippen LogP contribution in [0.25, 0.3) is 0 Å². The lowest BCUT2D eigenvalue weighted by Crippen LogP contribution is -2.25. The van der Waals surface area contributed by atoms with Crippen molar-refractivity contribution < 1.29 is 9.18 Å². The lowest BCUT2D eigenvalue weighted by atomic mass is 10.1. The average Bonchev–Trinajstić information content (AvgIpc) is 2.18. The molecule has 3 nitrogen and oxygen atoms in total. The molecule has 0 aliphatic carbocycles. The molecule has 1 amide bonds. The number of carbonyl (C=O) groups excluding carboxylic acids is 1. The van der Waals surface area contributed by atoms with Gasteiger partial charge in [0.05, 0.1) is 12.1 Å². The molecule has 1 aromatic carbocycles. The van der Waals surface area contributed by atoms with Crippen molar-refractivity contribution in [3.05, 3.63) is 35.6 Å². The number of nitrogens with one attached hydrogen (secondary N) is 1. The molecule has 4 heteroatoms. The van der Waals surface area contributed by atoms with Crippen molar-refractivity contribution in [3.8, 4) is 6.07 Å². The van der Waals surface area contributed by atoms with E-state index in [0.717, 1.165) is 0 Å². The van der Waals surface area contributed by atoms with Crippen molar-refractivity contribution in [3.63, 3.8) is 0 Å². The molecule has 0 saturated heterocycles. The third-order valence-corrected chi connectivity index (χ3v) is 1.97. The highest BCUT2D eigenvalue weighted by atomic mass is 19.1. The first-order valence-electron chi connectivity index (χ1n) is 4.55. The first-order chi connectivity index (χ1) is 7.13. The third kappa shape index (κ3) is 3.39. The third-order valence-electron chi connectivity index (χ3n) is 1.97. The summed E-state index contributed by atoms with van der Waals surface area (Å²) in [5.41, 5.74) is 0.682. The molecule has 0 saturated carbocycles. The first-order valence-corrected chi connectivity index (χ1v) is 4.55. The second kappa shape index (κ2) is 5.11. The van der Waals surface area contributed by atoms with E-state index in [2.05, 4.69) is 5.32 Å². The molecule has 78 valence electrons. The van der Waals surface area contributed by atoms with E-state index in [-0.39, 0.29) is 24.2 Å². The van der Waals surface area contributed by atoms with E-state index < -0.39 is 0 Å². The molecule has 0 aliphatic heterocycles. The number of rotatable bonds is 3. The fourth-order valence-electron chi connectivity index (χ4n) is 1.22. The number of nitriles is 1. The summed E-state index contributed by atoms with van der Waals surface area (Å²) in [5.74, 6) is -0.692. The molecule has 0 unspecified atom stereocenters. The van der Waals surface area contributed by atoms with Crippen molar-refractivity contribution in [1.82, 2.24) is 5.32 Å². The van der Waals surface area contributed by atoms with Crippen molar-refractivity contribution in [2.75, 3.05) is 0 Å². The van der Waals surface area contributed by atoms with Crippen LogP contribution in [0, 0.1) is 17.1 Å². The highest BCUT2D eigenvalue weighted by molar-refractivity contribution is 5.78. The molecule has 0 spiro atoms. The van der Waals surface area contributed by atoms with Gasteiger partial charge in [-0.2, -0.15) is 5.26 Å². The molecule has 15 heavy (non-hydrogen) atoms. The molecule has 0 fully saturated rings. The van der Waals surface area contributed by atoms with Gasteiger partial charge in [0, 0.05) is 0 Å². The van der Waals surface area contributed by atoms with Gasteiger partial charge in [-0.15, -0.1) is 0 Å². The van der Waals surface area contributed by atoms with E-state index in [9.17, 15) is 9.18 Å². The number of nitrogens with zero attached hydrogens (tertiary/aromatic N) is 1. The Bertz CT molecular complexity index is 398. The van der Waals surface area contributed by atoms with Gasteiger partial charge in [0.1, 0.15) is 12.2 Å². The Morgan fingerprint density at radius 1 is 1.67 bits per heavy atom. The van der Waals surface area contributed by atoms with Gasteiger partial charge in [0.15, 0.2) is 0 Å². The number of hydrogen-bond donors (Lipinski definition) is 1. The van der Waals surface area contributed by atoms with Crippen molar-refractivity contribution in [2.24, 2.45) is 0 Å². The van der Waals surface area contributed by atoms with E-state index in [1.807, 2.05) is 0 Å². The molecular formula is C11H11FN2O. The highest BCUT2D eigenvalue weighted by Crippen LogP contribution is 2.13. The van der Waals surface area contributed by atoms with Crippen LogP contribution in [-0.2, 0) is 4.79 Å². The fraction of sp³-hybridized carbons (Fsp3) is 0.273. The summed E-state index contributed by atoms with van der Waals surface area (Å²) in [6.45, 7) is 1.74. The summed E-state index contributed by atoms with van der Waals surface area (Å²) in [7, 11) is 0. The largest absolute Gasteiger partial charge is 0.349 e. The Hall–Kier alpha value is -1.89. The maximum atomic E-state index is 12.8. The Morgan fingerprint density at radius 3 is 3.00 bits per heavy atom. The Labute approximate surface area is 87.5 Å². The molecule has 1 N–H and O–H groups in total. The van der Waals surface area contributed by atoms with Gasteiger partial charge in [0.25, 0.3) is 0 Å². The van der Waals surface area contributed by atoms with E-state index in [0.29, 0.717) is 5.56 Å². The topological polar surface area (TPSA) is 52.9 Å². The molecule has 0 radical (unpaired) electrons. The fourth-order valence-corrected chi connectivity index (χ4v) is 1.22. The Kier molecular flexibility index (Phi) is 3.81. The predicted octanol–water partition coefficient (Wildman–Crippen LogP) is 1.92. The van der Waals surface area contributed by atoms with E-state index in [4.69, 9.17) is 5.26 Å². The summed E-state index contributed by atoms with van der Waals surface area (Å²) in [6, 6.07) is 7.46. The zero-order valence-electron chi connectivity index (χ0n) is 8.33. The molecule has 1 aromatic rings. The zero-order chi connectivity index (χ0) is 11.3. The first kappa shape index (κ1) is 11.2. The molecule has 1 atom stereocenters. The number of amides is 1. The van der Waals surface area contributed by atoms with Gasteiger partial charge in [-0.05, 0) is 24.6 Å². The summed E-state index contributed by atoms with van der Waals surface area (Å²) in [6.07, 6.45) is -0.181. The zero-order valence-corrected chi connectivity index (χ0v) is 8.33. The maximum Gasteiger partial charge on any atom is 0.234 e. The van der Waals surface area contributed by atoms with E-state index in [1.165, 1.54) is 12.1 Å². The number of hydrogen-bond acceptors (Lipinski definition) is 2. The standard InChI is InChI=1S/C11H11FN2O/c1-8(14-11(15)5-6-13)9-3-2-4-10(12)7-9/h2-4,7-8H,5H2,1H3,(H,14,15)/t8-/m1/s1. The Morgan fingerprint density at radius 2 is 2.40 bits per heavy atom. The molecular weight excluding hydrogens is 195 g/mol. The number of benzene rings is 1. The lowest BCUT2D eigenvalue weighted by molar-refractivity contribution is -0.120. The lowest BCUT2D eigenvalue weighted by Gasteiger charge is -2.12. The Balaban J connectivity index is 2.65. The van der Waals surface area contributed by atoms with Crippen LogP contribution in [0.3, 0.4) is 0 Å². The quantitative estimate of drug-likeness (QED) is 0.821. The van der Waals surface area contributed by atoms with E-state index >= 15 is 0 Å².